The highest BCUT2D eigenvalue weighted by atomic mass is 16.5. The zero-order chi connectivity index (χ0) is 22.3. The monoisotopic (exact) mass is 424 g/mol. The maximum Gasteiger partial charge on any atom is 0.277 e. The number of carbonyl (C=O) groups is 1. The van der Waals surface area contributed by atoms with E-state index in [-0.39, 0.29) is 12.5 Å². The molecule has 0 saturated heterocycles. The summed E-state index contributed by atoms with van der Waals surface area (Å²) in [5, 5.41) is 8.90. The number of aryl methyl sites for hydroxylation is 2. The molecule has 32 heavy (non-hydrogen) atoms. The lowest BCUT2D eigenvalue weighted by molar-refractivity contribution is -0.123. The van der Waals surface area contributed by atoms with Crippen LogP contribution < -0.4 is 10.2 Å². The van der Waals surface area contributed by atoms with Crippen molar-refractivity contribution in [2.45, 2.75) is 13.8 Å². The van der Waals surface area contributed by atoms with Crippen LogP contribution in [-0.4, -0.2) is 28.5 Å². The molecule has 1 amide bonds. The van der Waals surface area contributed by atoms with Gasteiger partial charge in [0.25, 0.3) is 5.91 Å². The van der Waals surface area contributed by atoms with Crippen LogP contribution in [0.15, 0.2) is 90.2 Å². The number of aromatic nitrogens is 2. The van der Waals surface area contributed by atoms with Gasteiger partial charge in [-0.15, -0.1) is 0 Å². The molecule has 1 N–H and O–H groups in total. The topological polar surface area (TPSA) is 68.5 Å². The standard InChI is InChI=1S/C26H24N4O2/c1-19-9-8-11-21(15-19)26-22(17-30(29-26)23-12-4-3-5-13-23)16-27-28-25(31)18-32-24-14-7-6-10-20(24)2/h3-17H,18H2,1-2H3,(H,28,31). The molecule has 0 unspecified atom stereocenters. The molecule has 0 fully saturated rings. The SMILES string of the molecule is Cc1cccc(-c2nn(-c3ccccc3)cc2C=NNC(=O)COc2ccccc2C)c1. The van der Waals surface area contributed by atoms with Gasteiger partial charge in [0.15, 0.2) is 6.61 Å². The van der Waals surface area contributed by atoms with Gasteiger partial charge in [-0.2, -0.15) is 10.2 Å². The number of amides is 1. The molecule has 0 saturated carbocycles. The zero-order valence-corrected chi connectivity index (χ0v) is 18.0. The Balaban J connectivity index is 1.51. The molecular weight excluding hydrogens is 400 g/mol. The molecule has 1 aromatic heterocycles. The van der Waals surface area contributed by atoms with Gasteiger partial charge < -0.3 is 4.74 Å². The van der Waals surface area contributed by atoms with Crippen molar-refractivity contribution < 1.29 is 9.53 Å². The molecular formula is C26H24N4O2. The van der Waals surface area contributed by atoms with Crippen LogP contribution in [0.4, 0.5) is 0 Å². The van der Waals surface area contributed by atoms with E-state index >= 15 is 0 Å². The largest absolute Gasteiger partial charge is 0.483 e. The molecule has 4 aromatic rings. The first kappa shape index (κ1) is 21.1. The number of nitrogens with zero attached hydrogens (tertiary/aromatic N) is 3. The zero-order valence-electron chi connectivity index (χ0n) is 18.0. The predicted octanol–water partition coefficient (Wildman–Crippen LogP) is 4.69. The van der Waals surface area contributed by atoms with E-state index < -0.39 is 0 Å². The van der Waals surface area contributed by atoms with Crippen molar-refractivity contribution in [3.8, 4) is 22.7 Å². The number of nitrogens with one attached hydrogen (secondary N) is 1. The van der Waals surface area contributed by atoms with Gasteiger partial charge in [-0.05, 0) is 43.7 Å². The lowest BCUT2D eigenvalue weighted by Crippen LogP contribution is -2.24. The minimum absolute atomic E-state index is 0.115. The Kier molecular flexibility index (Phi) is 6.41. The van der Waals surface area contributed by atoms with Crippen molar-refractivity contribution >= 4 is 12.1 Å². The second-order valence-electron chi connectivity index (χ2n) is 7.43. The van der Waals surface area contributed by atoms with Crippen molar-refractivity contribution in [1.82, 2.24) is 15.2 Å². The van der Waals surface area contributed by atoms with Gasteiger partial charge in [-0.25, -0.2) is 10.1 Å². The Bertz CT molecular complexity index is 1250. The quantitative estimate of drug-likeness (QED) is 0.346. The van der Waals surface area contributed by atoms with E-state index in [9.17, 15) is 4.79 Å². The van der Waals surface area contributed by atoms with Crippen molar-refractivity contribution in [1.29, 1.82) is 0 Å². The highest BCUT2D eigenvalue weighted by Gasteiger charge is 2.11. The molecule has 0 atom stereocenters. The van der Waals surface area contributed by atoms with E-state index in [1.165, 1.54) is 0 Å². The Labute approximate surface area is 187 Å². The fourth-order valence-corrected chi connectivity index (χ4v) is 3.28. The van der Waals surface area contributed by atoms with E-state index in [1.807, 2.05) is 97.5 Å². The number of rotatable bonds is 7. The average Bonchev–Trinajstić information content (AvgIpc) is 3.23. The Morgan fingerprint density at radius 3 is 2.59 bits per heavy atom. The van der Waals surface area contributed by atoms with Gasteiger partial charge >= 0.3 is 0 Å². The third-order valence-corrected chi connectivity index (χ3v) is 4.90. The molecule has 0 spiro atoms. The van der Waals surface area contributed by atoms with Crippen LogP contribution >= 0.6 is 0 Å². The summed E-state index contributed by atoms with van der Waals surface area (Å²) < 4.78 is 7.37. The number of carbonyl (C=O) groups excluding carboxylic acids is 1. The summed E-state index contributed by atoms with van der Waals surface area (Å²) >= 11 is 0. The third kappa shape index (κ3) is 5.10. The summed E-state index contributed by atoms with van der Waals surface area (Å²) in [5.41, 5.74) is 8.14. The fraction of sp³-hybridized carbons (Fsp3) is 0.115. The van der Waals surface area contributed by atoms with Crippen LogP contribution in [0.5, 0.6) is 5.75 Å². The molecule has 6 nitrogen and oxygen atoms in total. The number of para-hydroxylation sites is 2. The number of ether oxygens (including phenoxy) is 1. The van der Waals surface area contributed by atoms with Gasteiger partial charge in [0.2, 0.25) is 0 Å². The van der Waals surface area contributed by atoms with Crippen molar-refractivity contribution in [3.63, 3.8) is 0 Å². The van der Waals surface area contributed by atoms with E-state index in [0.29, 0.717) is 5.75 Å². The maximum absolute atomic E-state index is 12.2. The normalized spacial score (nSPS) is 10.9. The van der Waals surface area contributed by atoms with E-state index in [4.69, 9.17) is 9.84 Å². The fourth-order valence-electron chi connectivity index (χ4n) is 3.28. The molecule has 0 aliphatic rings. The molecule has 160 valence electrons. The number of benzene rings is 3. The first-order valence-corrected chi connectivity index (χ1v) is 10.3. The van der Waals surface area contributed by atoms with E-state index in [1.54, 1.807) is 6.21 Å². The minimum Gasteiger partial charge on any atom is -0.483 e. The lowest BCUT2D eigenvalue weighted by Gasteiger charge is -2.07. The van der Waals surface area contributed by atoms with Gasteiger partial charge in [-0.3, -0.25) is 4.79 Å². The lowest BCUT2D eigenvalue weighted by atomic mass is 10.1. The maximum atomic E-state index is 12.2. The summed E-state index contributed by atoms with van der Waals surface area (Å²) in [6.07, 6.45) is 3.50. The molecule has 0 bridgehead atoms. The second kappa shape index (κ2) is 9.75. The van der Waals surface area contributed by atoms with Crippen LogP contribution in [0.25, 0.3) is 16.9 Å². The molecule has 0 radical (unpaired) electrons. The average molecular weight is 425 g/mol. The van der Waals surface area contributed by atoms with Crippen molar-refractivity contribution in [2.75, 3.05) is 6.61 Å². The number of hydrazone groups is 1. The first-order chi connectivity index (χ1) is 15.6. The van der Waals surface area contributed by atoms with Gasteiger partial charge in [0.1, 0.15) is 11.4 Å². The molecule has 0 aliphatic carbocycles. The van der Waals surface area contributed by atoms with Crippen LogP contribution in [0.1, 0.15) is 16.7 Å². The molecule has 0 aliphatic heterocycles. The van der Waals surface area contributed by atoms with Crippen LogP contribution in [0.2, 0.25) is 0 Å². The van der Waals surface area contributed by atoms with Crippen LogP contribution in [-0.2, 0) is 4.79 Å². The van der Waals surface area contributed by atoms with E-state index in [0.717, 1.165) is 33.6 Å². The van der Waals surface area contributed by atoms with Crippen LogP contribution in [0, 0.1) is 13.8 Å². The Morgan fingerprint density at radius 2 is 1.81 bits per heavy atom. The summed E-state index contributed by atoms with van der Waals surface area (Å²) in [6.45, 7) is 3.86. The Morgan fingerprint density at radius 1 is 1.03 bits per heavy atom. The minimum atomic E-state index is -0.336. The highest BCUT2D eigenvalue weighted by molar-refractivity contribution is 5.89. The van der Waals surface area contributed by atoms with Gasteiger partial charge in [0.05, 0.1) is 11.9 Å². The van der Waals surface area contributed by atoms with Crippen molar-refractivity contribution in [3.05, 3.63) is 102 Å². The smallest absolute Gasteiger partial charge is 0.277 e. The summed E-state index contributed by atoms with van der Waals surface area (Å²) in [5.74, 6) is 0.342. The van der Waals surface area contributed by atoms with Crippen molar-refractivity contribution in [2.24, 2.45) is 5.10 Å². The molecule has 3 aromatic carbocycles. The first-order valence-electron chi connectivity index (χ1n) is 10.3. The summed E-state index contributed by atoms with van der Waals surface area (Å²) in [6, 6.07) is 25.5. The summed E-state index contributed by atoms with van der Waals surface area (Å²) in [7, 11) is 0. The van der Waals surface area contributed by atoms with Crippen LogP contribution in [0.3, 0.4) is 0 Å². The van der Waals surface area contributed by atoms with E-state index in [2.05, 4.69) is 16.6 Å². The summed E-state index contributed by atoms with van der Waals surface area (Å²) in [4.78, 5) is 12.2. The highest BCUT2D eigenvalue weighted by Crippen LogP contribution is 2.23. The molecule has 1 heterocycles. The number of hydrogen-bond donors (Lipinski definition) is 1. The second-order valence-corrected chi connectivity index (χ2v) is 7.43. The molecule has 4 rings (SSSR count). The predicted molar refractivity (Wildman–Crippen MR) is 126 cm³/mol. The Hall–Kier alpha value is -4.19. The van der Waals surface area contributed by atoms with Gasteiger partial charge in [-0.1, -0.05) is 60.2 Å². The third-order valence-electron chi connectivity index (χ3n) is 4.90. The molecule has 6 heteroatoms. The van der Waals surface area contributed by atoms with Gasteiger partial charge in [0, 0.05) is 17.3 Å². The number of hydrogen-bond acceptors (Lipinski definition) is 4.